The molecule has 1 aromatic heterocycles. The third-order valence-corrected chi connectivity index (χ3v) is 4.79. The predicted octanol–water partition coefficient (Wildman–Crippen LogP) is 5.47. The molecule has 3 aromatic carbocycles. The van der Waals surface area contributed by atoms with Gasteiger partial charge in [0.1, 0.15) is 0 Å². The molecule has 4 heteroatoms. The fourth-order valence-electron chi connectivity index (χ4n) is 3.21. The molecule has 0 aliphatic rings. The standard InChI is InChI=1S/C24H22N4/c1-17-10-12-18(13-11-17)21-8-3-4-9-23(21)28(2)24-16-26-22(15-27-24)19-6-5-7-20(25)14-19/h3-16H,25H2,1-2H3. The Balaban J connectivity index is 1.67. The van der Waals surface area contributed by atoms with Crippen molar-refractivity contribution in [2.45, 2.75) is 6.92 Å². The van der Waals surface area contributed by atoms with Crippen molar-refractivity contribution in [1.82, 2.24) is 9.97 Å². The fourth-order valence-corrected chi connectivity index (χ4v) is 3.21. The summed E-state index contributed by atoms with van der Waals surface area (Å²) in [4.78, 5) is 11.3. The first-order valence-electron chi connectivity index (χ1n) is 9.19. The molecule has 0 aliphatic carbocycles. The zero-order chi connectivity index (χ0) is 19.5. The molecule has 0 spiro atoms. The summed E-state index contributed by atoms with van der Waals surface area (Å²) in [6.45, 7) is 2.10. The lowest BCUT2D eigenvalue weighted by atomic mass is 10.0. The fraction of sp³-hybridized carbons (Fsp3) is 0.0833. The lowest BCUT2D eigenvalue weighted by molar-refractivity contribution is 1.09. The van der Waals surface area contributed by atoms with Crippen LogP contribution in [0.2, 0.25) is 0 Å². The number of nitrogens with two attached hydrogens (primary N) is 1. The number of hydrogen-bond acceptors (Lipinski definition) is 4. The highest BCUT2D eigenvalue weighted by atomic mass is 15.2. The molecule has 0 atom stereocenters. The lowest BCUT2D eigenvalue weighted by Gasteiger charge is -2.21. The van der Waals surface area contributed by atoms with Crippen molar-refractivity contribution in [3.63, 3.8) is 0 Å². The highest BCUT2D eigenvalue weighted by Gasteiger charge is 2.12. The minimum Gasteiger partial charge on any atom is -0.399 e. The summed E-state index contributed by atoms with van der Waals surface area (Å²) < 4.78 is 0. The van der Waals surface area contributed by atoms with Crippen molar-refractivity contribution in [3.8, 4) is 22.4 Å². The smallest absolute Gasteiger partial charge is 0.151 e. The van der Waals surface area contributed by atoms with E-state index in [0.717, 1.165) is 28.3 Å². The molecule has 1 heterocycles. The Morgan fingerprint density at radius 1 is 0.786 bits per heavy atom. The maximum atomic E-state index is 5.87. The highest BCUT2D eigenvalue weighted by Crippen LogP contribution is 2.33. The highest BCUT2D eigenvalue weighted by molar-refractivity contribution is 5.81. The maximum Gasteiger partial charge on any atom is 0.151 e. The maximum absolute atomic E-state index is 5.87. The van der Waals surface area contributed by atoms with Gasteiger partial charge in [-0.25, -0.2) is 4.98 Å². The van der Waals surface area contributed by atoms with Crippen LogP contribution in [0.3, 0.4) is 0 Å². The van der Waals surface area contributed by atoms with Crippen LogP contribution in [-0.4, -0.2) is 17.0 Å². The van der Waals surface area contributed by atoms with Crippen molar-refractivity contribution in [2.75, 3.05) is 17.7 Å². The van der Waals surface area contributed by atoms with Crippen molar-refractivity contribution in [1.29, 1.82) is 0 Å². The van der Waals surface area contributed by atoms with Gasteiger partial charge in [0.15, 0.2) is 5.82 Å². The van der Waals surface area contributed by atoms with E-state index < -0.39 is 0 Å². The molecular weight excluding hydrogens is 344 g/mol. The van der Waals surface area contributed by atoms with E-state index in [1.807, 2.05) is 37.4 Å². The minimum atomic E-state index is 0.715. The number of anilines is 3. The van der Waals surface area contributed by atoms with E-state index in [2.05, 4.69) is 64.3 Å². The van der Waals surface area contributed by atoms with Crippen LogP contribution >= 0.6 is 0 Å². The van der Waals surface area contributed by atoms with Crippen molar-refractivity contribution in [3.05, 3.63) is 90.8 Å². The van der Waals surface area contributed by atoms with Gasteiger partial charge in [-0.1, -0.05) is 60.2 Å². The Morgan fingerprint density at radius 2 is 1.57 bits per heavy atom. The van der Waals surface area contributed by atoms with Gasteiger partial charge in [-0.15, -0.1) is 0 Å². The van der Waals surface area contributed by atoms with Crippen LogP contribution < -0.4 is 10.6 Å². The van der Waals surface area contributed by atoms with E-state index in [1.165, 1.54) is 11.1 Å². The first-order valence-corrected chi connectivity index (χ1v) is 9.19. The summed E-state index contributed by atoms with van der Waals surface area (Å²) in [6.07, 6.45) is 3.58. The second-order valence-corrected chi connectivity index (χ2v) is 6.83. The van der Waals surface area contributed by atoms with Crippen LogP contribution in [0.4, 0.5) is 17.2 Å². The van der Waals surface area contributed by atoms with Crippen LogP contribution in [-0.2, 0) is 0 Å². The molecule has 0 aliphatic heterocycles. The van der Waals surface area contributed by atoms with Gasteiger partial charge in [-0.05, 0) is 30.7 Å². The average molecular weight is 366 g/mol. The van der Waals surface area contributed by atoms with Crippen LogP contribution in [0, 0.1) is 6.92 Å². The molecule has 0 saturated carbocycles. The van der Waals surface area contributed by atoms with Crippen LogP contribution in [0.5, 0.6) is 0 Å². The molecule has 138 valence electrons. The van der Waals surface area contributed by atoms with Crippen molar-refractivity contribution in [2.24, 2.45) is 0 Å². The SMILES string of the molecule is Cc1ccc(-c2ccccc2N(C)c2cnc(-c3cccc(N)c3)cn2)cc1. The molecular formula is C24H22N4. The topological polar surface area (TPSA) is 55.0 Å². The van der Waals surface area contributed by atoms with Gasteiger partial charge in [0.05, 0.1) is 18.1 Å². The third kappa shape index (κ3) is 3.58. The summed E-state index contributed by atoms with van der Waals surface area (Å²) in [5.74, 6) is 0.784. The predicted molar refractivity (Wildman–Crippen MR) is 117 cm³/mol. The lowest BCUT2D eigenvalue weighted by Crippen LogP contribution is -2.12. The Bertz CT molecular complexity index is 1090. The first-order chi connectivity index (χ1) is 13.6. The first kappa shape index (κ1) is 17.7. The average Bonchev–Trinajstić information content (AvgIpc) is 2.74. The third-order valence-electron chi connectivity index (χ3n) is 4.79. The zero-order valence-electron chi connectivity index (χ0n) is 16.0. The number of hydrogen-bond donors (Lipinski definition) is 1. The van der Waals surface area contributed by atoms with Crippen LogP contribution in [0.1, 0.15) is 5.56 Å². The molecule has 4 nitrogen and oxygen atoms in total. The number of para-hydroxylation sites is 1. The molecule has 0 radical (unpaired) electrons. The Kier molecular flexibility index (Phi) is 4.77. The molecule has 0 amide bonds. The number of nitrogens with zero attached hydrogens (tertiary/aromatic N) is 3. The Hall–Kier alpha value is -3.66. The largest absolute Gasteiger partial charge is 0.399 e. The van der Waals surface area contributed by atoms with Crippen LogP contribution in [0.15, 0.2) is 85.2 Å². The van der Waals surface area contributed by atoms with E-state index in [9.17, 15) is 0 Å². The van der Waals surface area contributed by atoms with Gasteiger partial charge in [0.25, 0.3) is 0 Å². The van der Waals surface area contributed by atoms with Crippen molar-refractivity contribution >= 4 is 17.2 Å². The number of rotatable bonds is 4. The van der Waals surface area contributed by atoms with E-state index in [-0.39, 0.29) is 0 Å². The van der Waals surface area contributed by atoms with Gasteiger partial charge in [-0.3, -0.25) is 4.98 Å². The molecule has 4 rings (SSSR count). The molecule has 4 aromatic rings. The van der Waals surface area contributed by atoms with Crippen LogP contribution in [0.25, 0.3) is 22.4 Å². The summed E-state index contributed by atoms with van der Waals surface area (Å²) in [5.41, 5.74) is 13.0. The Morgan fingerprint density at radius 3 is 2.29 bits per heavy atom. The van der Waals surface area contributed by atoms with E-state index in [0.29, 0.717) is 5.69 Å². The number of benzene rings is 3. The zero-order valence-corrected chi connectivity index (χ0v) is 16.0. The van der Waals surface area contributed by atoms with E-state index in [1.54, 1.807) is 12.4 Å². The minimum absolute atomic E-state index is 0.715. The number of aromatic nitrogens is 2. The molecule has 0 bridgehead atoms. The molecule has 0 saturated heterocycles. The van der Waals surface area contributed by atoms with Gasteiger partial charge in [-0.2, -0.15) is 0 Å². The molecule has 0 fully saturated rings. The molecule has 0 unspecified atom stereocenters. The number of nitrogen functional groups attached to an aromatic ring is 1. The molecule has 28 heavy (non-hydrogen) atoms. The number of aryl methyl sites for hydroxylation is 1. The van der Waals surface area contributed by atoms with Gasteiger partial charge in [0.2, 0.25) is 0 Å². The summed E-state index contributed by atoms with van der Waals surface area (Å²) in [6, 6.07) is 24.6. The summed E-state index contributed by atoms with van der Waals surface area (Å²) in [7, 11) is 2.01. The van der Waals surface area contributed by atoms with E-state index in [4.69, 9.17) is 5.73 Å². The Labute approximate surface area is 165 Å². The molecule has 2 N–H and O–H groups in total. The van der Waals surface area contributed by atoms with Gasteiger partial charge in [0, 0.05) is 29.5 Å². The summed E-state index contributed by atoms with van der Waals surface area (Å²) in [5, 5.41) is 0. The monoisotopic (exact) mass is 366 g/mol. The quantitative estimate of drug-likeness (QED) is 0.487. The van der Waals surface area contributed by atoms with Gasteiger partial charge < -0.3 is 10.6 Å². The summed E-state index contributed by atoms with van der Waals surface area (Å²) >= 11 is 0. The van der Waals surface area contributed by atoms with E-state index >= 15 is 0 Å². The van der Waals surface area contributed by atoms with Crippen molar-refractivity contribution < 1.29 is 0 Å². The van der Waals surface area contributed by atoms with Gasteiger partial charge >= 0.3 is 0 Å². The second kappa shape index (κ2) is 7.53. The normalized spacial score (nSPS) is 10.6. The second-order valence-electron chi connectivity index (χ2n) is 6.83.